The number of carbonyl (C=O) groups excluding carboxylic acids is 1. The average molecular weight is 934 g/mol. The highest BCUT2D eigenvalue weighted by Crippen LogP contribution is 2.62. The minimum atomic E-state index is -1.53. The number of unbranched alkanes of at least 4 members (excludes halogenated alkanes) is 2. The van der Waals surface area contributed by atoms with Gasteiger partial charge in [-0.05, 0) is 122 Å². The number of benzene rings is 4. The second kappa shape index (κ2) is 23.8. The number of ether oxygens (including phenoxy) is 3. The molecule has 0 bridgehead atoms. The maximum Gasteiger partial charge on any atom is 0.269 e. The fraction of sp³-hybridized carbons (Fsp3) is 0.396. The van der Waals surface area contributed by atoms with Gasteiger partial charge in [0, 0.05) is 66.5 Å². The third-order valence-electron chi connectivity index (χ3n) is 12.8. The molecule has 4 aromatic rings. The molecule has 67 heavy (non-hydrogen) atoms. The number of aliphatic hydroxyl groups excluding tert-OH is 2. The van der Waals surface area contributed by atoms with Gasteiger partial charge < -0.3 is 34.2 Å². The Bertz CT molecular complexity index is 2380. The van der Waals surface area contributed by atoms with E-state index in [4.69, 9.17) is 24.2 Å². The van der Waals surface area contributed by atoms with Gasteiger partial charge in [0.15, 0.2) is 0 Å². The van der Waals surface area contributed by atoms with E-state index in [0.29, 0.717) is 54.4 Å². The first-order valence-corrected chi connectivity index (χ1v) is 24.2. The first-order chi connectivity index (χ1) is 32.7. The molecule has 4 aromatic carbocycles. The van der Waals surface area contributed by atoms with Gasteiger partial charge in [0.05, 0.1) is 29.8 Å². The van der Waals surface area contributed by atoms with Gasteiger partial charge in [0.25, 0.3) is 5.69 Å². The average Bonchev–Trinajstić information content (AvgIpc) is 3.34. The fourth-order valence-electron chi connectivity index (χ4n) is 9.81. The van der Waals surface area contributed by atoms with E-state index < -0.39 is 34.4 Å². The van der Waals surface area contributed by atoms with Gasteiger partial charge in [-0.15, -0.1) is 18.3 Å². The lowest BCUT2D eigenvalue weighted by atomic mass is 9.55. The van der Waals surface area contributed by atoms with Crippen LogP contribution in [0.2, 0.25) is 0 Å². The Morgan fingerprint density at radius 2 is 1.76 bits per heavy atom. The first-order valence-electron chi connectivity index (χ1n) is 23.2. The Labute approximate surface area is 396 Å². The van der Waals surface area contributed by atoms with E-state index >= 15 is 4.79 Å². The molecule has 0 radical (unpaired) electrons. The number of hydrogen-bond acceptors (Lipinski definition) is 11. The van der Waals surface area contributed by atoms with Crippen LogP contribution in [0.4, 0.5) is 10.1 Å². The highest BCUT2D eigenvalue weighted by molar-refractivity contribution is 7.99. The maximum atomic E-state index is 15.0. The number of nitro benzene ring substituents is 1. The molecular weight excluding hydrogens is 874 g/mol. The van der Waals surface area contributed by atoms with Crippen LogP contribution in [0, 0.1) is 33.7 Å². The van der Waals surface area contributed by atoms with Gasteiger partial charge in [-0.3, -0.25) is 14.9 Å². The second-order valence-corrected chi connectivity index (χ2v) is 18.1. The van der Waals surface area contributed by atoms with E-state index in [1.54, 1.807) is 53.1 Å². The lowest BCUT2D eigenvalue weighted by Gasteiger charge is -2.60. The number of allylic oxidation sites excluding steroid dienone is 1. The summed E-state index contributed by atoms with van der Waals surface area (Å²) in [6.45, 7) is 6.92. The molecule has 1 aliphatic heterocycles. The molecule has 0 unspecified atom stereocenters. The van der Waals surface area contributed by atoms with Crippen molar-refractivity contribution in [3.63, 3.8) is 0 Å². The van der Waals surface area contributed by atoms with Crippen LogP contribution in [-0.2, 0) is 20.9 Å². The lowest BCUT2D eigenvalue weighted by Crippen LogP contribution is -2.70. The van der Waals surface area contributed by atoms with E-state index in [9.17, 15) is 24.7 Å². The number of hydrogen-bond donors (Lipinski definition) is 2. The number of thioether (sulfide) groups is 1. The van der Waals surface area contributed by atoms with E-state index in [1.165, 1.54) is 30.3 Å². The quantitative estimate of drug-likeness (QED) is 0.0173. The summed E-state index contributed by atoms with van der Waals surface area (Å²) in [7, 11) is 0. The van der Waals surface area contributed by atoms with Crippen molar-refractivity contribution in [1.29, 1.82) is 0 Å². The maximum absolute atomic E-state index is 15.0. The molecule has 0 aromatic heterocycles. The van der Waals surface area contributed by atoms with Crippen LogP contribution in [-0.4, -0.2) is 82.3 Å². The molecule has 12 nitrogen and oxygen atoms in total. The van der Waals surface area contributed by atoms with Gasteiger partial charge in [0.2, 0.25) is 11.7 Å². The van der Waals surface area contributed by atoms with Gasteiger partial charge in [-0.2, -0.15) is 0 Å². The van der Waals surface area contributed by atoms with E-state index in [2.05, 4.69) is 30.9 Å². The van der Waals surface area contributed by atoms with Crippen LogP contribution < -0.4 is 9.47 Å². The van der Waals surface area contributed by atoms with Crippen molar-refractivity contribution < 1.29 is 43.4 Å². The molecule has 2 N–H and O–H groups in total. The van der Waals surface area contributed by atoms with Crippen molar-refractivity contribution in [1.82, 2.24) is 4.90 Å². The lowest BCUT2D eigenvalue weighted by molar-refractivity contribution is -0.384. The standard InChI is InChI=1S/C53H60FN3O9S/c1-3-30-64-53-49(56(36-38-16-21-40(54)22-17-38)50(60)27-20-37-18-23-41(24-19-37)57(61)62)35-47(55-65-4-2)45-33-39(12-8-10-28-58)44(15-9-11-29-59)51(52(45)53)46-34-42(25-26-48(46)66-53)63-31-32-67-43-13-6-5-7-14-43/h3,5-7,13-14,16-27,33-34,39,44,49,51-52,58-59H,1,4,8-12,15,28-32,35-36H2,2H3/t39-,44+,49-,51+,52+,53+/m0/s1. The third-order valence-corrected chi connectivity index (χ3v) is 13.7. The molecule has 14 heteroatoms. The molecule has 0 spiro atoms. The SMILES string of the molecule is C=CCO[C@@]12Oc3ccc(OCCSc4ccccc4)cc3[C@H]3[C@H](CCCCO)[C@@H](CCCCO)C=C(C(=NOCC)C[C@@H]1N(Cc1ccc(F)cc1)C(=O)C=Cc1ccc([N+](=O)[O-])cc1)[C@H]32. The zero-order valence-electron chi connectivity index (χ0n) is 37.9. The Kier molecular flexibility index (Phi) is 17.4. The van der Waals surface area contributed by atoms with Crippen LogP contribution >= 0.6 is 11.8 Å². The predicted octanol–water partition coefficient (Wildman–Crippen LogP) is 10.3. The number of fused-ring (bicyclic) bond motifs is 2. The summed E-state index contributed by atoms with van der Waals surface area (Å²) in [5, 5.41) is 36.1. The number of non-ortho nitro benzene ring substituents is 1. The smallest absolute Gasteiger partial charge is 0.269 e. The third kappa shape index (κ3) is 11.8. The number of oxime groups is 1. The number of carbonyl (C=O) groups is 1. The minimum Gasteiger partial charge on any atom is -0.493 e. The van der Waals surface area contributed by atoms with Gasteiger partial charge in [0.1, 0.15) is 30.0 Å². The number of nitro groups is 1. The summed E-state index contributed by atoms with van der Waals surface area (Å²) < 4.78 is 35.3. The molecule has 6 atom stereocenters. The monoisotopic (exact) mass is 933 g/mol. The van der Waals surface area contributed by atoms with Crippen LogP contribution in [0.1, 0.15) is 74.5 Å². The molecule has 3 aliphatic rings. The normalized spacial score (nSPS) is 22.3. The van der Waals surface area contributed by atoms with Crippen molar-refractivity contribution in [2.45, 2.75) is 81.1 Å². The van der Waals surface area contributed by atoms with Crippen LogP contribution in [0.5, 0.6) is 11.5 Å². The van der Waals surface area contributed by atoms with E-state index in [1.807, 2.05) is 37.3 Å². The number of halogens is 1. The molecule has 1 amide bonds. The number of amides is 1. The second-order valence-electron chi connectivity index (χ2n) is 17.0. The number of nitrogens with zero attached hydrogens (tertiary/aromatic N) is 3. The summed E-state index contributed by atoms with van der Waals surface area (Å²) >= 11 is 1.72. The molecule has 1 fully saturated rings. The molecule has 1 heterocycles. The van der Waals surface area contributed by atoms with Crippen LogP contribution in [0.25, 0.3) is 6.08 Å². The molecule has 1 saturated carbocycles. The number of aliphatic hydroxyl groups is 2. The highest BCUT2D eigenvalue weighted by atomic mass is 32.2. The van der Waals surface area contributed by atoms with Gasteiger partial charge in [-0.1, -0.05) is 60.5 Å². The van der Waals surface area contributed by atoms with Gasteiger partial charge >= 0.3 is 0 Å². The van der Waals surface area contributed by atoms with Crippen molar-refractivity contribution in [2.24, 2.45) is 22.9 Å². The van der Waals surface area contributed by atoms with E-state index in [-0.39, 0.29) is 56.2 Å². The van der Waals surface area contributed by atoms with Gasteiger partial charge in [-0.25, -0.2) is 4.39 Å². The number of rotatable bonds is 24. The summed E-state index contributed by atoms with van der Waals surface area (Å²) in [6, 6.07) is 27.2. The zero-order valence-corrected chi connectivity index (χ0v) is 38.7. The molecule has 7 rings (SSSR count). The summed E-state index contributed by atoms with van der Waals surface area (Å²) in [5.41, 5.74) is 3.66. The molecule has 2 aliphatic carbocycles. The Balaban J connectivity index is 1.39. The van der Waals surface area contributed by atoms with Crippen LogP contribution in [0.3, 0.4) is 0 Å². The zero-order chi connectivity index (χ0) is 47.2. The van der Waals surface area contributed by atoms with E-state index in [0.717, 1.165) is 47.5 Å². The molecular formula is C53H60FN3O9S. The van der Waals surface area contributed by atoms with Crippen LogP contribution in [0.15, 0.2) is 137 Å². The first kappa shape index (κ1) is 49.1. The minimum absolute atomic E-state index is 0.00705. The van der Waals surface area contributed by atoms with Crippen molar-refractivity contribution in [3.05, 3.63) is 160 Å². The summed E-state index contributed by atoms with van der Waals surface area (Å²) in [6.07, 6.45) is 11.6. The summed E-state index contributed by atoms with van der Waals surface area (Å²) in [4.78, 5) is 34.7. The fourth-order valence-corrected chi connectivity index (χ4v) is 10.6. The Morgan fingerprint density at radius 3 is 2.46 bits per heavy atom. The topological polar surface area (TPSA) is 153 Å². The Morgan fingerprint density at radius 1 is 1.01 bits per heavy atom. The predicted molar refractivity (Wildman–Crippen MR) is 258 cm³/mol. The molecule has 0 saturated heterocycles. The van der Waals surface area contributed by atoms with Crippen molar-refractivity contribution in [2.75, 3.05) is 38.8 Å². The Hall–Kier alpha value is -5.80. The van der Waals surface area contributed by atoms with Crippen molar-refractivity contribution >= 4 is 35.1 Å². The summed E-state index contributed by atoms with van der Waals surface area (Å²) in [5.74, 6) is -1.09. The highest BCUT2D eigenvalue weighted by Gasteiger charge is 2.65. The molecule has 354 valence electrons. The largest absolute Gasteiger partial charge is 0.493 e. The van der Waals surface area contributed by atoms with Crippen molar-refractivity contribution in [3.8, 4) is 11.5 Å².